The maximum absolute atomic E-state index is 3.51. The molecule has 0 saturated carbocycles. The summed E-state index contributed by atoms with van der Waals surface area (Å²) in [5, 5.41) is 3.51. The van der Waals surface area contributed by atoms with Crippen LogP contribution in [0.15, 0.2) is 18.2 Å². The minimum atomic E-state index is 0.428. The molecule has 1 aromatic carbocycles. The van der Waals surface area contributed by atoms with Crippen LogP contribution in [0.25, 0.3) is 0 Å². The summed E-state index contributed by atoms with van der Waals surface area (Å²) >= 11 is 0. The number of likely N-dealkylation sites (N-methyl/N-ethyl adjacent to an activating group) is 1. The molecule has 0 aliphatic carbocycles. The standard InChI is InChI=1S/C18H30N2/c1-13-9-10-17(11-14(13)2)18(19-5)12-20-15(3)7-6-8-16(20)4/h9-11,15-16,18-19H,6-8,12H2,1-5H3. The summed E-state index contributed by atoms with van der Waals surface area (Å²) in [6, 6.07) is 8.72. The molecule has 3 atom stereocenters. The molecule has 0 spiro atoms. The number of nitrogens with zero attached hydrogens (tertiary/aromatic N) is 1. The molecule has 1 N–H and O–H groups in total. The van der Waals surface area contributed by atoms with Crippen molar-refractivity contribution >= 4 is 0 Å². The Kier molecular flexibility index (Phi) is 5.22. The minimum absolute atomic E-state index is 0.428. The first-order chi connectivity index (χ1) is 9.52. The molecule has 1 saturated heterocycles. The van der Waals surface area contributed by atoms with E-state index in [1.54, 1.807) is 0 Å². The Bertz CT molecular complexity index is 431. The number of nitrogens with one attached hydrogen (secondary N) is 1. The first-order valence-corrected chi connectivity index (χ1v) is 8.03. The molecule has 1 aliphatic heterocycles. The second-order valence-corrected chi connectivity index (χ2v) is 6.51. The van der Waals surface area contributed by atoms with Gasteiger partial charge in [0.1, 0.15) is 0 Å². The topological polar surface area (TPSA) is 15.3 Å². The monoisotopic (exact) mass is 274 g/mol. The number of aryl methyl sites for hydroxylation is 2. The van der Waals surface area contributed by atoms with Gasteiger partial charge in [-0.1, -0.05) is 24.6 Å². The van der Waals surface area contributed by atoms with Gasteiger partial charge < -0.3 is 5.32 Å². The van der Waals surface area contributed by atoms with Gasteiger partial charge >= 0.3 is 0 Å². The highest BCUT2D eigenvalue weighted by Crippen LogP contribution is 2.26. The van der Waals surface area contributed by atoms with Gasteiger partial charge in [-0.15, -0.1) is 0 Å². The van der Waals surface area contributed by atoms with Crippen molar-refractivity contribution in [2.24, 2.45) is 0 Å². The summed E-state index contributed by atoms with van der Waals surface area (Å²) in [6.07, 6.45) is 4.06. The van der Waals surface area contributed by atoms with Gasteiger partial charge in [-0.05, 0) is 64.3 Å². The van der Waals surface area contributed by atoms with Gasteiger partial charge in [0.05, 0.1) is 0 Å². The summed E-state index contributed by atoms with van der Waals surface area (Å²) < 4.78 is 0. The van der Waals surface area contributed by atoms with Gasteiger partial charge in [0.15, 0.2) is 0 Å². The molecule has 3 unspecified atom stereocenters. The van der Waals surface area contributed by atoms with E-state index in [-0.39, 0.29) is 0 Å². The molecule has 1 aliphatic rings. The molecular formula is C18H30N2. The molecule has 2 heteroatoms. The highest BCUT2D eigenvalue weighted by Gasteiger charge is 2.27. The number of hydrogen-bond donors (Lipinski definition) is 1. The lowest BCUT2D eigenvalue weighted by atomic mass is 9.95. The highest BCUT2D eigenvalue weighted by molar-refractivity contribution is 5.32. The van der Waals surface area contributed by atoms with E-state index < -0.39 is 0 Å². The van der Waals surface area contributed by atoms with Crippen molar-refractivity contribution in [3.8, 4) is 0 Å². The van der Waals surface area contributed by atoms with Crippen LogP contribution in [-0.2, 0) is 0 Å². The van der Waals surface area contributed by atoms with E-state index in [1.165, 1.54) is 36.0 Å². The quantitative estimate of drug-likeness (QED) is 0.897. The third-order valence-electron chi connectivity index (χ3n) is 5.05. The number of piperidine rings is 1. The lowest BCUT2D eigenvalue weighted by Crippen LogP contribution is -2.47. The van der Waals surface area contributed by atoms with Gasteiger partial charge in [0, 0.05) is 24.7 Å². The smallest absolute Gasteiger partial charge is 0.0447 e. The van der Waals surface area contributed by atoms with Crippen LogP contribution in [0.5, 0.6) is 0 Å². The van der Waals surface area contributed by atoms with Crippen molar-refractivity contribution in [2.75, 3.05) is 13.6 Å². The zero-order valence-electron chi connectivity index (χ0n) is 13.7. The van der Waals surface area contributed by atoms with E-state index in [4.69, 9.17) is 0 Å². The number of hydrogen-bond acceptors (Lipinski definition) is 2. The summed E-state index contributed by atoms with van der Waals surface area (Å²) in [5.74, 6) is 0. The van der Waals surface area contributed by atoms with Crippen molar-refractivity contribution in [3.63, 3.8) is 0 Å². The molecule has 0 amide bonds. The molecule has 112 valence electrons. The molecule has 1 heterocycles. The van der Waals surface area contributed by atoms with Crippen molar-refractivity contribution in [1.82, 2.24) is 10.2 Å². The van der Waals surface area contributed by atoms with Crippen molar-refractivity contribution < 1.29 is 0 Å². The first-order valence-electron chi connectivity index (χ1n) is 8.03. The molecule has 2 rings (SSSR count). The Balaban J connectivity index is 2.13. The Morgan fingerprint density at radius 3 is 2.35 bits per heavy atom. The molecule has 1 aromatic rings. The fraction of sp³-hybridized carbons (Fsp3) is 0.667. The second kappa shape index (κ2) is 6.73. The Hall–Kier alpha value is -0.860. The maximum Gasteiger partial charge on any atom is 0.0447 e. The van der Waals surface area contributed by atoms with E-state index in [0.717, 1.165) is 6.54 Å². The lowest BCUT2D eigenvalue weighted by Gasteiger charge is -2.41. The fourth-order valence-corrected chi connectivity index (χ4v) is 3.39. The molecule has 0 aromatic heterocycles. The van der Waals surface area contributed by atoms with Crippen LogP contribution in [0, 0.1) is 13.8 Å². The molecule has 0 bridgehead atoms. The van der Waals surface area contributed by atoms with Crippen LogP contribution in [0.3, 0.4) is 0 Å². The molecular weight excluding hydrogens is 244 g/mol. The SMILES string of the molecule is CNC(CN1C(C)CCCC1C)c1ccc(C)c(C)c1. The first kappa shape index (κ1) is 15.5. The van der Waals surface area contributed by atoms with Crippen LogP contribution in [-0.4, -0.2) is 30.6 Å². The molecule has 1 fully saturated rings. The Morgan fingerprint density at radius 2 is 1.80 bits per heavy atom. The summed E-state index contributed by atoms with van der Waals surface area (Å²) in [5.41, 5.74) is 4.19. The number of likely N-dealkylation sites (tertiary alicyclic amines) is 1. The van der Waals surface area contributed by atoms with Crippen LogP contribution >= 0.6 is 0 Å². The molecule has 2 nitrogen and oxygen atoms in total. The van der Waals surface area contributed by atoms with E-state index in [9.17, 15) is 0 Å². The third kappa shape index (κ3) is 3.42. The number of benzene rings is 1. The van der Waals surface area contributed by atoms with E-state index in [2.05, 4.69) is 63.2 Å². The molecule has 20 heavy (non-hydrogen) atoms. The van der Waals surface area contributed by atoms with Crippen LogP contribution in [0.2, 0.25) is 0 Å². The van der Waals surface area contributed by atoms with E-state index in [0.29, 0.717) is 18.1 Å². The normalized spacial score (nSPS) is 25.6. The number of rotatable bonds is 4. The van der Waals surface area contributed by atoms with Gasteiger partial charge in [-0.2, -0.15) is 0 Å². The largest absolute Gasteiger partial charge is 0.312 e. The third-order valence-corrected chi connectivity index (χ3v) is 5.05. The summed E-state index contributed by atoms with van der Waals surface area (Å²) in [4.78, 5) is 2.68. The Labute approximate surface area is 124 Å². The van der Waals surface area contributed by atoms with Crippen molar-refractivity contribution in [2.45, 2.75) is 65.1 Å². The van der Waals surface area contributed by atoms with Gasteiger partial charge in [-0.25, -0.2) is 0 Å². The summed E-state index contributed by atoms with van der Waals surface area (Å²) in [7, 11) is 2.08. The predicted molar refractivity (Wildman–Crippen MR) is 87.2 cm³/mol. The van der Waals surface area contributed by atoms with E-state index in [1.807, 2.05) is 0 Å². The fourth-order valence-electron chi connectivity index (χ4n) is 3.39. The van der Waals surface area contributed by atoms with E-state index >= 15 is 0 Å². The maximum atomic E-state index is 3.51. The second-order valence-electron chi connectivity index (χ2n) is 6.51. The van der Waals surface area contributed by atoms with Gasteiger partial charge in [0.2, 0.25) is 0 Å². The van der Waals surface area contributed by atoms with Crippen LogP contribution in [0.4, 0.5) is 0 Å². The zero-order valence-corrected chi connectivity index (χ0v) is 13.7. The van der Waals surface area contributed by atoms with Gasteiger partial charge in [-0.3, -0.25) is 4.90 Å². The average Bonchev–Trinajstić information content (AvgIpc) is 2.42. The Morgan fingerprint density at radius 1 is 1.15 bits per heavy atom. The minimum Gasteiger partial charge on any atom is -0.312 e. The van der Waals surface area contributed by atoms with Crippen LogP contribution < -0.4 is 5.32 Å². The predicted octanol–water partition coefficient (Wildman–Crippen LogP) is 3.83. The summed E-state index contributed by atoms with van der Waals surface area (Å²) in [6.45, 7) is 10.3. The van der Waals surface area contributed by atoms with Crippen molar-refractivity contribution in [3.05, 3.63) is 34.9 Å². The molecule has 0 radical (unpaired) electrons. The van der Waals surface area contributed by atoms with Crippen molar-refractivity contribution in [1.29, 1.82) is 0 Å². The highest BCUT2D eigenvalue weighted by atomic mass is 15.2. The lowest BCUT2D eigenvalue weighted by molar-refractivity contribution is 0.0920. The average molecular weight is 274 g/mol. The van der Waals surface area contributed by atoms with Crippen LogP contribution in [0.1, 0.15) is 55.8 Å². The zero-order chi connectivity index (χ0) is 14.7. The van der Waals surface area contributed by atoms with Gasteiger partial charge in [0.25, 0.3) is 0 Å².